The van der Waals surface area contributed by atoms with Crippen molar-refractivity contribution in [2.75, 3.05) is 33.4 Å². The van der Waals surface area contributed by atoms with Gasteiger partial charge in [-0.1, -0.05) is 11.6 Å². The summed E-state index contributed by atoms with van der Waals surface area (Å²) in [6.45, 7) is 2.29. The number of benzene rings is 1. The van der Waals surface area contributed by atoms with Crippen molar-refractivity contribution in [2.24, 2.45) is 5.92 Å². The Morgan fingerprint density at radius 1 is 1.57 bits per heavy atom. The van der Waals surface area contributed by atoms with E-state index in [2.05, 4.69) is 15.4 Å². The molecule has 0 bridgehead atoms. The van der Waals surface area contributed by atoms with Gasteiger partial charge in [0.2, 0.25) is 0 Å². The average Bonchev–Trinajstić information content (AvgIpc) is 2.58. The summed E-state index contributed by atoms with van der Waals surface area (Å²) in [7, 11) is 1.30. The van der Waals surface area contributed by atoms with Crippen LogP contribution >= 0.6 is 11.6 Å². The number of alkyl carbamates (subject to hydrolysis) is 1. The van der Waals surface area contributed by atoms with Crippen LogP contribution in [0.2, 0.25) is 5.02 Å². The lowest BCUT2D eigenvalue weighted by Crippen LogP contribution is -2.35. The molecule has 1 unspecified atom stereocenters. The number of hydrogen-bond acceptors (Lipinski definition) is 4. The number of rotatable bonds is 6. The number of amides is 1. The lowest BCUT2D eigenvalue weighted by atomic mass is 9.89. The molecule has 1 aliphatic rings. The van der Waals surface area contributed by atoms with Gasteiger partial charge in [-0.2, -0.15) is 0 Å². The first-order chi connectivity index (χ1) is 11.1. The lowest BCUT2D eigenvalue weighted by molar-refractivity contribution is 0.00260. The number of carbonyl (C=O) groups is 1. The summed E-state index contributed by atoms with van der Waals surface area (Å²) < 4.78 is 24.6. The molecule has 1 amide bonds. The van der Waals surface area contributed by atoms with E-state index in [1.807, 2.05) is 0 Å². The maximum Gasteiger partial charge on any atom is 0.406 e. The van der Waals surface area contributed by atoms with E-state index in [1.165, 1.54) is 19.2 Å². The zero-order valence-corrected chi connectivity index (χ0v) is 13.9. The van der Waals surface area contributed by atoms with Crippen molar-refractivity contribution in [3.63, 3.8) is 0 Å². The molecular formula is C16H22ClFN2O3. The molecule has 7 heteroatoms. The SMILES string of the molecule is COC(=O)NCCO[C@@H](c1cc(Cl)ccc1F)C1CCCNC1. The third kappa shape index (κ3) is 5.34. The predicted molar refractivity (Wildman–Crippen MR) is 86.1 cm³/mol. The zero-order valence-electron chi connectivity index (χ0n) is 13.1. The highest BCUT2D eigenvalue weighted by Crippen LogP contribution is 2.33. The first-order valence-corrected chi connectivity index (χ1v) is 8.08. The molecule has 1 aromatic rings. The van der Waals surface area contributed by atoms with Crippen LogP contribution in [0.1, 0.15) is 24.5 Å². The Morgan fingerprint density at radius 3 is 3.09 bits per heavy atom. The fourth-order valence-corrected chi connectivity index (χ4v) is 2.94. The van der Waals surface area contributed by atoms with E-state index in [0.29, 0.717) is 17.1 Å². The molecule has 0 spiro atoms. The van der Waals surface area contributed by atoms with E-state index in [0.717, 1.165) is 25.9 Å². The van der Waals surface area contributed by atoms with E-state index >= 15 is 0 Å². The zero-order chi connectivity index (χ0) is 16.7. The Kier molecular flexibility index (Phi) is 7.08. The van der Waals surface area contributed by atoms with Gasteiger partial charge in [-0.05, 0) is 37.6 Å². The van der Waals surface area contributed by atoms with E-state index in [1.54, 1.807) is 6.07 Å². The summed E-state index contributed by atoms with van der Waals surface area (Å²) in [5.74, 6) is -0.166. The molecule has 0 aromatic heterocycles. The fraction of sp³-hybridized carbons (Fsp3) is 0.562. The van der Waals surface area contributed by atoms with Gasteiger partial charge in [-0.25, -0.2) is 9.18 Å². The molecule has 0 radical (unpaired) electrons. The molecule has 128 valence electrons. The molecule has 1 fully saturated rings. The molecule has 2 N–H and O–H groups in total. The third-order valence-corrected chi connectivity index (χ3v) is 4.12. The lowest BCUT2D eigenvalue weighted by Gasteiger charge is -2.31. The Bertz CT molecular complexity index is 524. The van der Waals surface area contributed by atoms with Crippen LogP contribution in [0.3, 0.4) is 0 Å². The van der Waals surface area contributed by atoms with Crippen LogP contribution in [0.15, 0.2) is 18.2 Å². The van der Waals surface area contributed by atoms with Crippen LogP contribution in [-0.4, -0.2) is 39.4 Å². The molecule has 2 atom stereocenters. The highest BCUT2D eigenvalue weighted by Gasteiger charge is 2.28. The van der Waals surface area contributed by atoms with E-state index < -0.39 is 12.2 Å². The van der Waals surface area contributed by atoms with Gasteiger partial charge in [0.15, 0.2) is 0 Å². The molecule has 1 heterocycles. The molecule has 23 heavy (non-hydrogen) atoms. The minimum absolute atomic E-state index is 0.162. The van der Waals surface area contributed by atoms with Gasteiger partial charge in [0.1, 0.15) is 5.82 Å². The van der Waals surface area contributed by atoms with Crippen molar-refractivity contribution in [3.8, 4) is 0 Å². The first-order valence-electron chi connectivity index (χ1n) is 7.71. The Morgan fingerprint density at radius 2 is 2.39 bits per heavy atom. The van der Waals surface area contributed by atoms with Crippen molar-refractivity contribution in [3.05, 3.63) is 34.6 Å². The molecule has 1 saturated heterocycles. The summed E-state index contributed by atoms with van der Waals surface area (Å²) in [5, 5.41) is 6.34. The van der Waals surface area contributed by atoms with Gasteiger partial charge < -0.3 is 20.1 Å². The van der Waals surface area contributed by atoms with Crippen LogP contribution in [0.5, 0.6) is 0 Å². The molecule has 1 aromatic carbocycles. The summed E-state index contributed by atoms with van der Waals surface area (Å²) in [6.07, 6.45) is 1.06. The predicted octanol–water partition coefficient (Wildman–Crippen LogP) is 2.89. The average molecular weight is 345 g/mol. The summed E-state index contributed by atoms with van der Waals surface area (Å²) in [6, 6.07) is 4.50. The second-order valence-electron chi connectivity index (χ2n) is 5.48. The Hall–Kier alpha value is -1.37. The van der Waals surface area contributed by atoms with E-state index in [9.17, 15) is 9.18 Å². The number of methoxy groups -OCH3 is 1. The molecular weight excluding hydrogens is 323 g/mol. The van der Waals surface area contributed by atoms with Gasteiger partial charge in [0.25, 0.3) is 0 Å². The molecule has 2 rings (SSSR count). The first kappa shape index (κ1) is 18.0. The van der Waals surface area contributed by atoms with E-state index in [-0.39, 0.29) is 18.3 Å². The molecule has 1 aliphatic heterocycles. The number of halogens is 2. The van der Waals surface area contributed by atoms with Crippen LogP contribution in [0, 0.1) is 11.7 Å². The van der Waals surface area contributed by atoms with Crippen LogP contribution in [0.4, 0.5) is 9.18 Å². The second-order valence-corrected chi connectivity index (χ2v) is 5.92. The largest absolute Gasteiger partial charge is 0.453 e. The topological polar surface area (TPSA) is 59.6 Å². The maximum atomic E-state index is 14.2. The fourth-order valence-electron chi connectivity index (χ4n) is 2.76. The number of ether oxygens (including phenoxy) is 2. The van der Waals surface area contributed by atoms with Gasteiger partial charge in [-0.3, -0.25) is 0 Å². The molecule has 0 aliphatic carbocycles. The Labute approximate surface area is 140 Å². The maximum absolute atomic E-state index is 14.2. The summed E-state index contributed by atoms with van der Waals surface area (Å²) in [5.41, 5.74) is 0.462. The molecule has 5 nitrogen and oxygen atoms in total. The quantitative estimate of drug-likeness (QED) is 0.779. The van der Waals surface area contributed by atoms with Crippen molar-refractivity contribution in [1.82, 2.24) is 10.6 Å². The van der Waals surface area contributed by atoms with Crippen molar-refractivity contribution >= 4 is 17.7 Å². The standard InChI is InChI=1S/C16H22ClFN2O3/c1-22-16(21)20-7-8-23-15(11-3-2-6-19-10-11)13-9-12(17)4-5-14(13)18/h4-5,9,11,15,19H,2-3,6-8,10H2,1H3,(H,20,21)/t11?,15-/m1/s1. The normalized spacial score (nSPS) is 19.2. The molecule has 0 saturated carbocycles. The number of nitrogens with one attached hydrogen (secondary N) is 2. The number of piperidine rings is 1. The van der Waals surface area contributed by atoms with Gasteiger partial charge in [-0.15, -0.1) is 0 Å². The summed E-state index contributed by atoms with van der Waals surface area (Å²) in [4.78, 5) is 11.1. The van der Waals surface area contributed by atoms with Crippen molar-refractivity contribution < 1.29 is 18.7 Å². The van der Waals surface area contributed by atoms with Gasteiger partial charge in [0.05, 0.1) is 19.8 Å². The van der Waals surface area contributed by atoms with Crippen LogP contribution in [0.25, 0.3) is 0 Å². The number of carbonyl (C=O) groups excluding carboxylic acids is 1. The third-order valence-electron chi connectivity index (χ3n) is 3.88. The van der Waals surface area contributed by atoms with Gasteiger partial charge in [0, 0.05) is 29.6 Å². The minimum atomic E-state index is -0.515. The van der Waals surface area contributed by atoms with Crippen LogP contribution in [-0.2, 0) is 9.47 Å². The summed E-state index contributed by atoms with van der Waals surface area (Å²) >= 11 is 6.01. The minimum Gasteiger partial charge on any atom is -0.453 e. The smallest absolute Gasteiger partial charge is 0.406 e. The van der Waals surface area contributed by atoms with E-state index in [4.69, 9.17) is 16.3 Å². The van der Waals surface area contributed by atoms with Crippen molar-refractivity contribution in [1.29, 1.82) is 0 Å². The van der Waals surface area contributed by atoms with Crippen molar-refractivity contribution in [2.45, 2.75) is 18.9 Å². The second kappa shape index (κ2) is 9.05. The monoisotopic (exact) mass is 344 g/mol. The Balaban J connectivity index is 2.05. The van der Waals surface area contributed by atoms with Crippen LogP contribution < -0.4 is 10.6 Å². The highest BCUT2D eigenvalue weighted by atomic mass is 35.5. The van der Waals surface area contributed by atoms with Gasteiger partial charge >= 0.3 is 6.09 Å². The highest BCUT2D eigenvalue weighted by molar-refractivity contribution is 6.30. The number of hydrogen-bond donors (Lipinski definition) is 2.